The van der Waals surface area contributed by atoms with E-state index in [0.717, 1.165) is 6.29 Å². The Hall–Kier alpha value is -0.730. The Bertz CT molecular complexity index is 279. The second kappa shape index (κ2) is 5.10. The van der Waals surface area contributed by atoms with Crippen molar-refractivity contribution in [3.63, 3.8) is 0 Å². The molecular formula is C9H8Cl2O2. The largest absolute Gasteiger partial charge is 0.490 e. The third kappa shape index (κ3) is 2.90. The van der Waals surface area contributed by atoms with Gasteiger partial charge in [-0.05, 0) is 12.1 Å². The van der Waals surface area contributed by atoms with Gasteiger partial charge in [0.05, 0.1) is 16.7 Å². The van der Waals surface area contributed by atoms with Crippen LogP contribution in [-0.2, 0) is 4.79 Å². The molecule has 0 atom stereocenters. The molecule has 0 heterocycles. The molecule has 0 aliphatic rings. The quantitative estimate of drug-likeness (QED) is 0.574. The maximum Gasteiger partial charge on any atom is 0.156 e. The van der Waals surface area contributed by atoms with Gasteiger partial charge in [0.25, 0.3) is 0 Å². The number of carbonyl (C=O) groups is 1. The van der Waals surface area contributed by atoms with Gasteiger partial charge in [0.15, 0.2) is 5.75 Å². The van der Waals surface area contributed by atoms with Gasteiger partial charge in [0, 0.05) is 6.42 Å². The number of para-hydroxylation sites is 1. The molecule has 0 radical (unpaired) electrons. The minimum Gasteiger partial charge on any atom is -0.490 e. The number of benzene rings is 1. The first-order valence-corrected chi connectivity index (χ1v) is 4.51. The lowest BCUT2D eigenvalue weighted by molar-refractivity contribution is -0.108. The van der Waals surface area contributed by atoms with Gasteiger partial charge in [-0.25, -0.2) is 0 Å². The summed E-state index contributed by atoms with van der Waals surface area (Å²) in [5.74, 6) is 0.438. The Labute approximate surface area is 86.4 Å². The van der Waals surface area contributed by atoms with Crippen molar-refractivity contribution in [1.82, 2.24) is 0 Å². The number of hydrogen-bond donors (Lipinski definition) is 0. The SMILES string of the molecule is O=CCCOc1c(Cl)cccc1Cl. The Kier molecular flexibility index (Phi) is 4.06. The molecule has 70 valence electrons. The zero-order valence-electron chi connectivity index (χ0n) is 6.80. The molecule has 0 fully saturated rings. The number of ether oxygens (including phenoxy) is 1. The lowest BCUT2D eigenvalue weighted by Gasteiger charge is -2.07. The van der Waals surface area contributed by atoms with Gasteiger partial charge in [0.1, 0.15) is 6.29 Å². The fraction of sp³-hybridized carbons (Fsp3) is 0.222. The highest BCUT2D eigenvalue weighted by Crippen LogP contribution is 2.32. The minimum atomic E-state index is 0.299. The Morgan fingerprint density at radius 2 is 1.92 bits per heavy atom. The molecule has 0 bridgehead atoms. The summed E-state index contributed by atoms with van der Waals surface area (Å²) in [6, 6.07) is 5.10. The van der Waals surface area contributed by atoms with E-state index in [9.17, 15) is 4.79 Å². The standard InChI is InChI=1S/C9H8Cl2O2/c10-7-3-1-4-8(11)9(7)13-6-2-5-12/h1,3-5H,2,6H2. The molecule has 13 heavy (non-hydrogen) atoms. The molecule has 4 heteroatoms. The Balaban J connectivity index is 2.69. The van der Waals surface area contributed by atoms with Gasteiger partial charge in [0.2, 0.25) is 0 Å². The van der Waals surface area contributed by atoms with Gasteiger partial charge < -0.3 is 9.53 Å². The van der Waals surface area contributed by atoms with E-state index >= 15 is 0 Å². The van der Waals surface area contributed by atoms with Crippen molar-refractivity contribution in [3.05, 3.63) is 28.2 Å². The van der Waals surface area contributed by atoms with Crippen molar-refractivity contribution in [2.24, 2.45) is 0 Å². The van der Waals surface area contributed by atoms with Crippen LogP contribution in [0.2, 0.25) is 10.0 Å². The van der Waals surface area contributed by atoms with Crippen LogP contribution in [0, 0.1) is 0 Å². The average Bonchev–Trinajstić information content (AvgIpc) is 2.10. The average molecular weight is 219 g/mol. The van der Waals surface area contributed by atoms with Crippen molar-refractivity contribution in [1.29, 1.82) is 0 Å². The number of halogens is 2. The van der Waals surface area contributed by atoms with E-state index in [4.69, 9.17) is 27.9 Å². The minimum absolute atomic E-state index is 0.299. The third-order valence-electron chi connectivity index (χ3n) is 1.40. The lowest BCUT2D eigenvalue weighted by Crippen LogP contribution is -1.98. The van der Waals surface area contributed by atoms with Crippen LogP contribution >= 0.6 is 23.2 Å². The summed E-state index contributed by atoms with van der Waals surface area (Å²) in [5.41, 5.74) is 0. The van der Waals surface area contributed by atoms with Crippen molar-refractivity contribution in [2.45, 2.75) is 6.42 Å². The summed E-state index contributed by atoms with van der Waals surface area (Å²) < 4.78 is 5.21. The van der Waals surface area contributed by atoms with Crippen LogP contribution in [0.25, 0.3) is 0 Å². The first-order valence-electron chi connectivity index (χ1n) is 3.76. The van der Waals surface area contributed by atoms with E-state index in [-0.39, 0.29) is 0 Å². The van der Waals surface area contributed by atoms with Gasteiger partial charge in [-0.2, -0.15) is 0 Å². The molecule has 0 amide bonds. The molecule has 0 unspecified atom stereocenters. The summed E-state index contributed by atoms with van der Waals surface area (Å²) in [6.07, 6.45) is 1.12. The zero-order chi connectivity index (χ0) is 9.68. The topological polar surface area (TPSA) is 26.3 Å². The number of rotatable bonds is 4. The van der Waals surface area contributed by atoms with Crippen molar-refractivity contribution in [2.75, 3.05) is 6.61 Å². The maximum absolute atomic E-state index is 10.0. The van der Waals surface area contributed by atoms with Crippen molar-refractivity contribution < 1.29 is 9.53 Å². The van der Waals surface area contributed by atoms with E-state index in [1.165, 1.54) is 0 Å². The number of carbonyl (C=O) groups excluding carboxylic acids is 1. The van der Waals surface area contributed by atoms with E-state index in [2.05, 4.69) is 0 Å². The van der Waals surface area contributed by atoms with E-state index in [1.807, 2.05) is 0 Å². The predicted octanol–water partition coefficient (Wildman–Crippen LogP) is 2.96. The Morgan fingerprint density at radius 3 is 2.46 bits per heavy atom. The molecule has 0 N–H and O–H groups in total. The summed E-state index contributed by atoms with van der Waals surface area (Å²) in [4.78, 5) is 10.0. The summed E-state index contributed by atoms with van der Waals surface area (Å²) in [7, 11) is 0. The molecule has 0 aliphatic heterocycles. The third-order valence-corrected chi connectivity index (χ3v) is 2.00. The second-order valence-corrected chi connectivity index (χ2v) is 3.17. The lowest BCUT2D eigenvalue weighted by atomic mass is 10.3. The van der Waals surface area contributed by atoms with E-state index in [0.29, 0.717) is 28.8 Å². The molecule has 1 rings (SSSR count). The van der Waals surface area contributed by atoms with Gasteiger partial charge in [-0.1, -0.05) is 29.3 Å². The van der Waals surface area contributed by atoms with Crippen molar-refractivity contribution in [3.8, 4) is 5.75 Å². The fourth-order valence-corrected chi connectivity index (χ4v) is 1.34. The summed E-state index contributed by atoms with van der Waals surface area (Å²) in [5, 5.41) is 0.914. The van der Waals surface area contributed by atoms with Crippen LogP contribution < -0.4 is 4.74 Å². The molecule has 0 aromatic heterocycles. The highest BCUT2D eigenvalue weighted by atomic mass is 35.5. The van der Waals surface area contributed by atoms with Crippen molar-refractivity contribution >= 4 is 29.5 Å². The molecule has 0 saturated carbocycles. The van der Waals surface area contributed by atoms with E-state index < -0.39 is 0 Å². The number of aldehydes is 1. The first kappa shape index (κ1) is 10.4. The van der Waals surface area contributed by atoms with Crippen LogP contribution in [0.3, 0.4) is 0 Å². The highest BCUT2D eigenvalue weighted by Gasteiger charge is 2.05. The predicted molar refractivity (Wildman–Crippen MR) is 52.6 cm³/mol. The van der Waals surface area contributed by atoms with Crippen LogP contribution in [0.15, 0.2) is 18.2 Å². The normalized spacial score (nSPS) is 9.69. The number of hydrogen-bond acceptors (Lipinski definition) is 2. The summed E-state index contributed by atoms with van der Waals surface area (Å²) >= 11 is 11.6. The smallest absolute Gasteiger partial charge is 0.156 e. The van der Waals surface area contributed by atoms with Crippen LogP contribution in [0.1, 0.15) is 6.42 Å². The van der Waals surface area contributed by atoms with Crippen LogP contribution in [-0.4, -0.2) is 12.9 Å². The summed E-state index contributed by atoms with van der Waals surface area (Å²) in [6.45, 7) is 0.299. The molecule has 0 spiro atoms. The monoisotopic (exact) mass is 218 g/mol. The van der Waals surface area contributed by atoms with Gasteiger partial charge in [-0.3, -0.25) is 0 Å². The highest BCUT2D eigenvalue weighted by molar-refractivity contribution is 6.37. The van der Waals surface area contributed by atoms with Gasteiger partial charge >= 0.3 is 0 Å². The molecule has 2 nitrogen and oxygen atoms in total. The maximum atomic E-state index is 10.0. The van der Waals surface area contributed by atoms with E-state index in [1.54, 1.807) is 18.2 Å². The molecular weight excluding hydrogens is 211 g/mol. The van der Waals surface area contributed by atoms with Crippen LogP contribution in [0.5, 0.6) is 5.75 Å². The molecule has 0 saturated heterocycles. The second-order valence-electron chi connectivity index (χ2n) is 2.35. The molecule has 1 aromatic rings. The first-order chi connectivity index (χ1) is 6.25. The van der Waals surface area contributed by atoms with Gasteiger partial charge in [-0.15, -0.1) is 0 Å². The van der Waals surface area contributed by atoms with Crippen LogP contribution in [0.4, 0.5) is 0 Å². The fourth-order valence-electron chi connectivity index (χ4n) is 0.830. The molecule has 0 aliphatic carbocycles. The Morgan fingerprint density at radius 1 is 1.31 bits per heavy atom. The zero-order valence-corrected chi connectivity index (χ0v) is 8.31. The molecule has 1 aromatic carbocycles.